The normalized spacial score (nSPS) is 19.2. The molecule has 32 heavy (non-hydrogen) atoms. The van der Waals surface area contributed by atoms with Gasteiger partial charge in [0.1, 0.15) is 5.65 Å². The SMILES string of the molecule is O=c1c2cc(Cc3cnc4ccccn34)c3ccccc3c2ncn1[C@H]1CCOC[C@@H]1O. The number of ether oxygens (including phenoxy) is 1. The van der Waals surface area contributed by atoms with Gasteiger partial charge in [-0.2, -0.15) is 0 Å². The number of nitrogens with zero attached hydrogens (tertiary/aromatic N) is 4. The number of hydrogen-bond donors (Lipinski definition) is 1. The summed E-state index contributed by atoms with van der Waals surface area (Å²) in [6, 6.07) is 15.6. The average molecular weight is 426 g/mol. The Kier molecular flexibility index (Phi) is 4.52. The summed E-state index contributed by atoms with van der Waals surface area (Å²) in [7, 11) is 0. The number of fused-ring (bicyclic) bond motifs is 4. The van der Waals surface area contributed by atoms with E-state index in [1.807, 2.05) is 54.9 Å². The summed E-state index contributed by atoms with van der Waals surface area (Å²) in [5.41, 5.74) is 3.54. The molecule has 1 aliphatic rings. The molecule has 6 rings (SSSR count). The van der Waals surface area contributed by atoms with Crippen molar-refractivity contribution in [3.8, 4) is 0 Å². The van der Waals surface area contributed by atoms with E-state index in [1.165, 1.54) is 0 Å². The molecule has 2 atom stereocenters. The van der Waals surface area contributed by atoms with Gasteiger partial charge in [0.15, 0.2) is 0 Å². The summed E-state index contributed by atoms with van der Waals surface area (Å²) in [4.78, 5) is 22.7. The molecule has 0 spiro atoms. The molecule has 1 fully saturated rings. The van der Waals surface area contributed by atoms with Crippen LogP contribution in [0.1, 0.15) is 23.7 Å². The molecule has 1 saturated heterocycles. The molecular formula is C25H22N4O3. The lowest BCUT2D eigenvalue weighted by molar-refractivity contribution is -0.0395. The number of aliphatic hydroxyl groups is 1. The maximum Gasteiger partial charge on any atom is 0.261 e. The quantitative estimate of drug-likeness (QED) is 0.449. The molecule has 0 bridgehead atoms. The highest BCUT2D eigenvalue weighted by Crippen LogP contribution is 2.29. The van der Waals surface area contributed by atoms with Gasteiger partial charge in [-0.1, -0.05) is 30.3 Å². The Morgan fingerprint density at radius 2 is 1.91 bits per heavy atom. The van der Waals surface area contributed by atoms with Crippen LogP contribution in [0.5, 0.6) is 0 Å². The number of rotatable bonds is 3. The number of benzene rings is 2. The smallest absolute Gasteiger partial charge is 0.261 e. The number of aromatic nitrogens is 4. The molecule has 0 unspecified atom stereocenters. The first kappa shape index (κ1) is 19.2. The summed E-state index contributed by atoms with van der Waals surface area (Å²) in [5, 5.41) is 13.0. The van der Waals surface area contributed by atoms with Gasteiger partial charge in [0.25, 0.3) is 5.56 Å². The van der Waals surface area contributed by atoms with Crippen LogP contribution in [0.25, 0.3) is 27.3 Å². The molecule has 0 radical (unpaired) electrons. The molecule has 1 aliphatic heterocycles. The van der Waals surface area contributed by atoms with Gasteiger partial charge in [0, 0.05) is 36.5 Å². The first-order valence-electron chi connectivity index (χ1n) is 10.8. The van der Waals surface area contributed by atoms with Crippen LogP contribution in [0, 0.1) is 0 Å². The summed E-state index contributed by atoms with van der Waals surface area (Å²) < 4.78 is 8.98. The Morgan fingerprint density at radius 1 is 1.06 bits per heavy atom. The standard InChI is InChI=1S/C25H22N4O3/c30-22-14-32-10-8-21(22)29-15-27-24-19-6-2-1-5-18(19)16(12-20(24)25(29)31)11-17-13-26-23-7-3-4-9-28(17)23/h1-7,9,12-13,15,21-22,30H,8,10-11,14H2/t21-,22-/m0/s1. The van der Waals surface area contributed by atoms with Gasteiger partial charge in [-0.3, -0.25) is 9.36 Å². The van der Waals surface area contributed by atoms with Gasteiger partial charge in [0.2, 0.25) is 0 Å². The van der Waals surface area contributed by atoms with Crippen LogP contribution in [0.3, 0.4) is 0 Å². The lowest BCUT2D eigenvalue weighted by Gasteiger charge is -2.29. The third-order valence-electron chi connectivity index (χ3n) is 6.39. The molecule has 0 saturated carbocycles. The number of pyridine rings is 1. The van der Waals surface area contributed by atoms with Gasteiger partial charge < -0.3 is 14.2 Å². The number of imidazole rings is 1. The maximum absolute atomic E-state index is 13.5. The minimum Gasteiger partial charge on any atom is -0.389 e. The van der Waals surface area contributed by atoms with Crippen LogP contribution in [0.2, 0.25) is 0 Å². The molecule has 1 N–H and O–H groups in total. The third-order valence-corrected chi connectivity index (χ3v) is 6.39. The summed E-state index contributed by atoms with van der Waals surface area (Å²) in [6.45, 7) is 0.746. The molecule has 3 aromatic heterocycles. The van der Waals surface area contributed by atoms with Crippen molar-refractivity contribution in [2.45, 2.75) is 25.0 Å². The van der Waals surface area contributed by atoms with Crippen molar-refractivity contribution in [2.24, 2.45) is 0 Å². The van der Waals surface area contributed by atoms with E-state index >= 15 is 0 Å². The van der Waals surface area contributed by atoms with Gasteiger partial charge in [-0.05, 0) is 35.6 Å². The fraction of sp³-hybridized carbons (Fsp3) is 0.240. The predicted molar refractivity (Wildman–Crippen MR) is 122 cm³/mol. The highest BCUT2D eigenvalue weighted by Gasteiger charge is 2.27. The fourth-order valence-electron chi connectivity index (χ4n) is 4.78. The molecular weight excluding hydrogens is 404 g/mol. The van der Waals surface area contributed by atoms with E-state index in [4.69, 9.17) is 4.74 Å². The Bertz CT molecular complexity index is 1520. The van der Waals surface area contributed by atoms with E-state index in [0.717, 1.165) is 27.7 Å². The molecule has 2 aromatic carbocycles. The molecule has 0 aliphatic carbocycles. The Labute approximate surface area is 183 Å². The molecule has 7 nitrogen and oxygen atoms in total. The molecule has 5 aromatic rings. The minimum absolute atomic E-state index is 0.133. The Hall–Kier alpha value is -3.55. The number of aliphatic hydroxyl groups excluding tert-OH is 1. The summed E-state index contributed by atoms with van der Waals surface area (Å²) in [5.74, 6) is 0. The monoisotopic (exact) mass is 426 g/mol. The maximum atomic E-state index is 13.5. The van der Waals surface area contributed by atoms with E-state index in [-0.39, 0.29) is 18.2 Å². The molecule has 0 amide bonds. The van der Waals surface area contributed by atoms with Crippen molar-refractivity contribution >= 4 is 27.3 Å². The molecule has 7 heteroatoms. The highest BCUT2D eigenvalue weighted by molar-refractivity contribution is 6.06. The van der Waals surface area contributed by atoms with Gasteiger partial charge in [-0.25, -0.2) is 9.97 Å². The lowest BCUT2D eigenvalue weighted by atomic mass is 9.97. The fourth-order valence-corrected chi connectivity index (χ4v) is 4.78. The van der Waals surface area contributed by atoms with Crippen molar-refractivity contribution in [3.63, 3.8) is 0 Å². The molecule has 160 valence electrons. The van der Waals surface area contributed by atoms with E-state index in [2.05, 4.69) is 20.4 Å². The zero-order valence-electron chi connectivity index (χ0n) is 17.4. The topological polar surface area (TPSA) is 81.7 Å². The van der Waals surface area contributed by atoms with Crippen LogP contribution >= 0.6 is 0 Å². The predicted octanol–water partition coefficient (Wildman–Crippen LogP) is 3.11. The Balaban J connectivity index is 1.55. The van der Waals surface area contributed by atoms with Crippen LogP contribution in [-0.2, 0) is 11.2 Å². The van der Waals surface area contributed by atoms with E-state index in [0.29, 0.717) is 30.4 Å². The third kappa shape index (κ3) is 3.01. The first-order chi connectivity index (χ1) is 15.7. The van der Waals surface area contributed by atoms with Crippen molar-refractivity contribution in [2.75, 3.05) is 13.2 Å². The average Bonchev–Trinajstić information content (AvgIpc) is 3.23. The highest BCUT2D eigenvalue weighted by atomic mass is 16.5. The van der Waals surface area contributed by atoms with Crippen LogP contribution < -0.4 is 5.56 Å². The lowest BCUT2D eigenvalue weighted by Crippen LogP contribution is -2.39. The van der Waals surface area contributed by atoms with Crippen LogP contribution in [-0.4, -0.2) is 43.4 Å². The first-order valence-corrected chi connectivity index (χ1v) is 10.8. The zero-order chi connectivity index (χ0) is 21.7. The van der Waals surface area contributed by atoms with Crippen molar-refractivity contribution in [1.29, 1.82) is 0 Å². The second-order valence-corrected chi connectivity index (χ2v) is 8.29. The van der Waals surface area contributed by atoms with Crippen molar-refractivity contribution in [1.82, 2.24) is 18.9 Å². The van der Waals surface area contributed by atoms with Gasteiger partial charge >= 0.3 is 0 Å². The van der Waals surface area contributed by atoms with Crippen molar-refractivity contribution < 1.29 is 9.84 Å². The Morgan fingerprint density at radius 3 is 2.78 bits per heavy atom. The van der Waals surface area contributed by atoms with Gasteiger partial charge in [0.05, 0.1) is 36.0 Å². The minimum atomic E-state index is -0.723. The second kappa shape index (κ2) is 7.55. The second-order valence-electron chi connectivity index (χ2n) is 8.29. The van der Waals surface area contributed by atoms with Crippen LogP contribution in [0.4, 0.5) is 0 Å². The van der Waals surface area contributed by atoms with Gasteiger partial charge in [-0.15, -0.1) is 0 Å². The summed E-state index contributed by atoms with van der Waals surface area (Å²) in [6.07, 6.45) is 5.95. The zero-order valence-corrected chi connectivity index (χ0v) is 17.4. The molecule has 4 heterocycles. The number of hydrogen-bond acceptors (Lipinski definition) is 5. The van der Waals surface area contributed by atoms with E-state index in [1.54, 1.807) is 10.9 Å². The van der Waals surface area contributed by atoms with E-state index < -0.39 is 6.10 Å². The summed E-state index contributed by atoms with van der Waals surface area (Å²) >= 11 is 0. The van der Waals surface area contributed by atoms with Crippen LogP contribution in [0.15, 0.2) is 72.0 Å². The van der Waals surface area contributed by atoms with Crippen molar-refractivity contribution in [3.05, 3.63) is 88.9 Å². The van der Waals surface area contributed by atoms with E-state index in [9.17, 15) is 9.90 Å². The largest absolute Gasteiger partial charge is 0.389 e.